The van der Waals surface area contributed by atoms with E-state index < -0.39 is 12.1 Å². The summed E-state index contributed by atoms with van der Waals surface area (Å²) in [6.45, 7) is 1.67. The van der Waals surface area contributed by atoms with Crippen LogP contribution in [0.2, 0.25) is 0 Å². The van der Waals surface area contributed by atoms with Crippen molar-refractivity contribution in [1.82, 2.24) is 5.32 Å². The first-order chi connectivity index (χ1) is 4.24. The first kappa shape index (κ1) is 5.89. The number of rotatable bonds is 0. The van der Waals surface area contributed by atoms with E-state index in [0.717, 1.165) is 0 Å². The minimum absolute atomic E-state index is 0.317. The number of nitriles is 1. The maximum Gasteiger partial charge on any atom is 0.408 e. The maximum atomic E-state index is 10.3. The average Bonchev–Trinajstić information content (AvgIpc) is 2.10. The number of nitrogens with zero attached hydrogens (tertiary/aromatic N) is 1. The average molecular weight is 126 g/mol. The Labute approximate surface area is 52.4 Å². The summed E-state index contributed by atoms with van der Waals surface area (Å²) in [5, 5.41) is 10.6. The Bertz CT molecular complexity index is 172. The minimum Gasteiger partial charge on any atom is -0.443 e. The number of cyclic esters (lactones) is 1. The van der Waals surface area contributed by atoms with Crippen molar-refractivity contribution in [2.75, 3.05) is 0 Å². The molecule has 0 aliphatic carbocycles. The topological polar surface area (TPSA) is 62.1 Å². The van der Waals surface area contributed by atoms with Crippen molar-refractivity contribution < 1.29 is 9.53 Å². The number of alkyl carbamates (subject to hydrolysis) is 1. The highest BCUT2D eigenvalue weighted by molar-refractivity contribution is 5.70. The van der Waals surface area contributed by atoms with E-state index in [9.17, 15) is 4.79 Å². The molecule has 1 aliphatic heterocycles. The molecule has 1 rings (SSSR count). The zero-order chi connectivity index (χ0) is 6.85. The number of nitrogens with one attached hydrogen (secondary N) is 1. The Morgan fingerprint density at radius 3 is 2.78 bits per heavy atom. The standard InChI is InChI=1S/C5H6N2O2/c1-3-4(2-6)7-5(8)9-3/h3-4H,1H3,(H,7,8)/t3-,4+/m0/s1. The van der Waals surface area contributed by atoms with Crippen LogP contribution in [0.4, 0.5) is 4.79 Å². The Morgan fingerprint density at radius 1 is 1.89 bits per heavy atom. The van der Waals surface area contributed by atoms with Gasteiger partial charge in [0.25, 0.3) is 0 Å². The van der Waals surface area contributed by atoms with Crippen LogP contribution in [0.15, 0.2) is 0 Å². The van der Waals surface area contributed by atoms with Crippen LogP contribution < -0.4 is 5.32 Å². The highest BCUT2D eigenvalue weighted by atomic mass is 16.6. The quantitative estimate of drug-likeness (QED) is 0.497. The molecule has 2 atom stereocenters. The van der Waals surface area contributed by atoms with Gasteiger partial charge in [-0.3, -0.25) is 0 Å². The Balaban J connectivity index is 2.60. The molecule has 1 fully saturated rings. The highest BCUT2D eigenvalue weighted by Crippen LogP contribution is 2.05. The molecule has 9 heavy (non-hydrogen) atoms. The van der Waals surface area contributed by atoms with Gasteiger partial charge in [0.2, 0.25) is 0 Å². The van der Waals surface area contributed by atoms with Gasteiger partial charge in [-0.2, -0.15) is 5.26 Å². The normalized spacial score (nSPS) is 32.7. The molecule has 1 N–H and O–H groups in total. The predicted octanol–water partition coefficient (Wildman–Crippen LogP) is 0.00688. The minimum atomic E-state index is -0.506. The first-order valence-electron chi connectivity index (χ1n) is 2.61. The summed E-state index contributed by atoms with van der Waals surface area (Å²) >= 11 is 0. The van der Waals surface area contributed by atoms with Crippen molar-refractivity contribution in [2.45, 2.75) is 19.1 Å². The van der Waals surface area contributed by atoms with Crippen molar-refractivity contribution in [3.8, 4) is 6.07 Å². The van der Waals surface area contributed by atoms with Crippen LogP contribution in [-0.4, -0.2) is 18.2 Å². The molecule has 1 aliphatic rings. The van der Waals surface area contributed by atoms with Gasteiger partial charge in [-0.25, -0.2) is 4.79 Å². The molecule has 1 saturated heterocycles. The van der Waals surface area contributed by atoms with Crippen LogP contribution in [0.25, 0.3) is 0 Å². The van der Waals surface area contributed by atoms with Crippen molar-refractivity contribution in [3.05, 3.63) is 0 Å². The lowest BCUT2D eigenvalue weighted by Crippen LogP contribution is -2.27. The number of hydrogen-bond acceptors (Lipinski definition) is 3. The fraction of sp³-hybridized carbons (Fsp3) is 0.600. The summed E-state index contributed by atoms with van der Waals surface area (Å²) in [7, 11) is 0. The van der Waals surface area contributed by atoms with Gasteiger partial charge in [-0.15, -0.1) is 0 Å². The molecule has 1 amide bonds. The lowest BCUT2D eigenvalue weighted by atomic mass is 10.2. The molecule has 4 nitrogen and oxygen atoms in total. The number of hydrogen-bond donors (Lipinski definition) is 1. The summed E-state index contributed by atoms with van der Waals surface area (Å²) < 4.78 is 4.59. The second-order valence-electron chi connectivity index (χ2n) is 1.86. The van der Waals surface area contributed by atoms with Crippen LogP contribution in [0.1, 0.15) is 6.92 Å². The van der Waals surface area contributed by atoms with Crippen molar-refractivity contribution in [2.24, 2.45) is 0 Å². The van der Waals surface area contributed by atoms with E-state index >= 15 is 0 Å². The van der Waals surface area contributed by atoms with E-state index in [1.165, 1.54) is 0 Å². The summed E-state index contributed by atoms with van der Waals surface area (Å²) in [6.07, 6.45) is -0.823. The van der Waals surface area contributed by atoms with E-state index in [-0.39, 0.29) is 6.10 Å². The van der Waals surface area contributed by atoms with Gasteiger partial charge < -0.3 is 10.1 Å². The third kappa shape index (κ3) is 0.941. The van der Waals surface area contributed by atoms with Gasteiger partial charge in [0.05, 0.1) is 6.07 Å². The Kier molecular flexibility index (Phi) is 1.27. The van der Waals surface area contributed by atoms with Crippen LogP contribution >= 0.6 is 0 Å². The molecule has 0 aromatic rings. The number of carbonyl (C=O) groups is 1. The monoisotopic (exact) mass is 126 g/mol. The molecule has 0 aromatic carbocycles. The Hall–Kier alpha value is -1.24. The van der Waals surface area contributed by atoms with Crippen LogP contribution in [0.3, 0.4) is 0 Å². The lowest BCUT2D eigenvalue weighted by Gasteiger charge is -1.99. The molecule has 0 saturated carbocycles. The lowest BCUT2D eigenvalue weighted by molar-refractivity contribution is 0.145. The van der Waals surface area contributed by atoms with E-state index in [4.69, 9.17) is 5.26 Å². The molecule has 1 heterocycles. The molecule has 0 radical (unpaired) electrons. The molecule has 48 valence electrons. The largest absolute Gasteiger partial charge is 0.443 e. The SMILES string of the molecule is C[C@@H]1OC(=O)N[C@@H]1C#N. The first-order valence-corrected chi connectivity index (χ1v) is 2.61. The smallest absolute Gasteiger partial charge is 0.408 e. The van der Waals surface area contributed by atoms with Crippen molar-refractivity contribution in [3.63, 3.8) is 0 Å². The molecule has 4 heteroatoms. The van der Waals surface area contributed by atoms with Crippen LogP contribution in [0, 0.1) is 11.3 Å². The molecule has 0 unspecified atom stereocenters. The maximum absolute atomic E-state index is 10.3. The van der Waals surface area contributed by atoms with Gasteiger partial charge in [0.1, 0.15) is 6.10 Å². The predicted molar refractivity (Wildman–Crippen MR) is 28.5 cm³/mol. The van der Waals surface area contributed by atoms with Gasteiger partial charge in [0, 0.05) is 0 Å². The number of ether oxygens (including phenoxy) is 1. The van der Waals surface area contributed by atoms with Crippen molar-refractivity contribution in [1.29, 1.82) is 5.26 Å². The third-order valence-corrected chi connectivity index (χ3v) is 1.17. The van der Waals surface area contributed by atoms with Gasteiger partial charge >= 0.3 is 6.09 Å². The second kappa shape index (κ2) is 1.94. The second-order valence-corrected chi connectivity index (χ2v) is 1.86. The van der Waals surface area contributed by atoms with Gasteiger partial charge in [-0.05, 0) is 6.92 Å². The number of carbonyl (C=O) groups excluding carboxylic acids is 1. The van der Waals surface area contributed by atoms with E-state index in [0.29, 0.717) is 0 Å². The fourth-order valence-electron chi connectivity index (χ4n) is 0.652. The summed E-state index contributed by atoms with van der Waals surface area (Å²) in [6, 6.07) is 1.41. The molecule has 0 aromatic heterocycles. The molecule has 0 spiro atoms. The van der Waals surface area contributed by atoms with Crippen LogP contribution in [-0.2, 0) is 4.74 Å². The van der Waals surface area contributed by atoms with E-state index in [1.807, 2.05) is 6.07 Å². The van der Waals surface area contributed by atoms with Crippen LogP contribution in [0.5, 0.6) is 0 Å². The number of amides is 1. The highest BCUT2D eigenvalue weighted by Gasteiger charge is 2.29. The van der Waals surface area contributed by atoms with Gasteiger partial charge in [-0.1, -0.05) is 0 Å². The Morgan fingerprint density at radius 2 is 2.56 bits per heavy atom. The molecular formula is C5H6N2O2. The summed E-state index contributed by atoms with van der Waals surface area (Å²) in [5.41, 5.74) is 0. The van der Waals surface area contributed by atoms with Crippen molar-refractivity contribution >= 4 is 6.09 Å². The fourth-order valence-corrected chi connectivity index (χ4v) is 0.652. The van der Waals surface area contributed by atoms with E-state index in [2.05, 4.69) is 10.1 Å². The summed E-state index contributed by atoms with van der Waals surface area (Å²) in [4.78, 5) is 10.3. The zero-order valence-electron chi connectivity index (χ0n) is 4.92. The zero-order valence-corrected chi connectivity index (χ0v) is 4.92. The van der Waals surface area contributed by atoms with E-state index in [1.54, 1.807) is 6.92 Å². The molecular weight excluding hydrogens is 120 g/mol. The molecule has 0 bridgehead atoms. The van der Waals surface area contributed by atoms with Gasteiger partial charge in [0.15, 0.2) is 6.04 Å². The third-order valence-electron chi connectivity index (χ3n) is 1.17. The summed E-state index contributed by atoms with van der Waals surface area (Å²) in [5.74, 6) is 0.